The van der Waals surface area contributed by atoms with Crippen LogP contribution < -0.4 is 5.32 Å². The summed E-state index contributed by atoms with van der Waals surface area (Å²) in [4.78, 5) is 9.02. The fourth-order valence-electron chi connectivity index (χ4n) is 4.05. The normalized spacial score (nSPS) is 31.3. The summed E-state index contributed by atoms with van der Waals surface area (Å²) in [6.45, 7) is 0. The number of hydrogen-bond acceptors (Lipinski definition) is 9. The van der Waals surface area contributed by atoms with Crippen LogP contribution >= 0.6 is 11.8 Å². The zero-order chi connectivity index (χ0) is 20.2. The largest absolute Gasteiger partial charge is 0.390 e. The van der Waals surface area contributed by atoms with Crippen molar-refractivity contribution in [3.05, 3.63) is 35.9 Å². The summed E-state index contributed by atoms with van der Waals surface area (Å²) in [5.74, 6) is 0.968. The van der Waals surface area contributed by atoms with E-state index in [0.717, 1.165) is 6.42 Å². The quantitative estimate of drug-likeness (QED) is 0.358. The van der Waals surface area contributed by atoms with Crippen LogP contribution in [0.15, 0.2) is 35.5 Å². The van der Waals surface area contributed by atoms with Crippen molar-refractivity contribution in [1.29, 1.82) is 0 Å². The van der Waals surface area contributed by atoms with Gasteiger partial charge < -0.3 is 20.6 Å². The maximum atomic E-state index is 11.0. The van der Waals surface area contributed by atoms with Crippen molar-refractivity contribution >= 4 is 28.7 Å². The number of thioether (sulfide) groups is 1. The third-order valence-corrected chi connectivity index (χ3v) is 6.36. The van der Waals surface area contributed by atoms with Crippen LogP contribution in [0.25, 0.3) is 11.2 Å². The molecule has 2 heterocycles. The van der Waals surface area contributed by atoms with Gasteiger partial charge in [0.1, 0.15) is 6.10 Å². The van der Waals surface area contributed by atoms with Crippen LogP contribution in [0.1, 0.15) is 30.7 Å². The first-order valence-electron chi connectivity index (χ1n) is 9.59. The highest BCUT2D eigenvalue weighted by molar-refractivity contribution is 7.98. The highest BCUT2D eigenvalue weighted by atomic mass is 32.2. The minimum Gasteiger partial charge on any atom is -0.390 e. The number of anilines is 1. The van der Waals surface area contributed by atoms with Gasteiger partial charge in [-0.1, -0.05) is 47.3 Å². The van der Waals surface area contributed by atoms with Gasteiger partial charge in [-0.3, -0.25) is 0 Å². The molecule has 2 aromatic heterocycles. The Morgan fingerprint density at radius 2 is 2.00 bits per heavy atom. The van der Waals surface area contributed by atoms with Gasteiger partial charge in [0.15, 0.2) is 27.9 Å². The molecule has 0 amide bonds. The summed E-state index contributed by atoms with van der Waals surface area (Å²) in [5.41, 5.74) is 0.297. The van der Waals surface area contributed by atoms with Crippen LogP contribution in [0.3, 0.4) is 0 Å². The van der Waals surface area contributed by atoms with Crippen molar-refractivity contribution in [3.63, 3.8) is 0 Å². The number of benzene rings is 1. The van der Waals surface area contributed by atoms with Crippen LogP contribution in [-0.4, -0.2) is 64.8 Å². The molecule has 3 aromatic rings. The lowest BCUT2D eigenvalue weighted by Gasteiger charge is -2.27. The third-order valence-electron chi connectivity index (χ3n) is 5.82. The molecule has 5 rings (SSSR count). The highest BCUT2D eigenvalue weighted by Crippen LogP contribution is 2.43. The van der Waals surface area contributed by atoms with E-state index < -0.39 is 17.9 Å². The van der Waals surface area contributed by atoms with E-state index in [1.165, 1.54) is 22.0 Å². The Morgan fingerprint density at radius 3 is 2.69 bits per heavy atom. The van der Waals surface area contributed by atoms with Gasteiger partial charge in [-0.2, -0.15) is 4.68 Å². The van der Waals surface area contributed by atoms with E-state index in [0.29, 0.717) is 28.1 Å². The van der Waals surface area contributed by atoms with Crippen molar-refractivity contribution in [2.75, 3.05) is 11.6 Å². The topological polar surface area (TPSA) is 129 Å². The minimum absolute atomic E-state index is 0.161. The molecule has 29 heavy (non-hydrogen) atoms. The van der Waals surface area contributed by atoms with E-state index in [9.17, 15) is 15.3 Å². The molecule has 2 saturated carbocycles. The molecule has 0 spiro atoms. The van der Waals surface area contributed by atoms with Gasteiger partial charge in [0.05, 0.1) is 6.10 Å². The minimum atomic E-state index is -1.75. The first kappa shape index (κ1) is 18.7. The monoisotopic (exact) mass is 414 g/mol. The second-order valence-electron chi connectivity index (χ2n) is 7.67. The van der Waals surface area contributed by atoms with E-state index >= 15 is 0 Å². The van der Waals surface area contributed by atoms with Gasteiger partial charge in [-0.25, -0.2) is 9.97 Å². The van der Waals surface area contributed by atoms with Crippen molar-refractivity contribution in [2.24, 2.45) is 0 Å². The molecule has 1 aromatic carbocycles. The molecule has 4 N–H and O–H groups in total. The van der Waals surface area contributed by atoms with Gasteiger partial charge in [0.25, 0.3) is 0 Å². The predicted octanol–water partition coefficient (Wildman–Crippen LogP) is 1.07. The lowest BCUT2D eigenvalue weighted by molar-refractivity contribution is -0.143. The Kier molecular flexibility index (Phi) is 4.46. The maximum Gasteiger partial charge on any atom is 0.191 e. The van der Waals surface area contributed by atoms with Crippen molar-refractivity contribution < 1.29 is 15.3 Å². The summed E-state index contributed by atoms with van der Waals surface area (Å²) >= 11 is 1.37. The molecule has 0 saturated heterocycles. The summed E-state index contributed by atoms with van der Waals surface area (Å²) in [5, 5.41) is 43.4. The van der Waals surface area contributed by atoms with E-state index in [2.05, 4.69) is 37.7 Å². The molecule has 2 fully saturated rings. The molecule has 9 nitrogen and oxygen atoms in total. The molecule has 2 aliphatic carbocycles. The summed E-state index contributed by atoms with van der Waals surface area (Å²) in [6.07, 6.45) is 0.914. The van der Waals surface area contributed by atoms with Crippen LogP contribution in [0.2, 0.25) is 0 Å². The Bertz CT molecular complexity index is 1050. The first-order valence-corrected chi connectivity index (χ1v) is 10.8. The number of fused-ring (bicyclic) bond motifs is 1. The van der Waals surface area contributed by atoms with Crippen molar-refractivity contribution in [3.8, 4) is 0 Å². The van der Waals surface area contributed by atoms with Crippen LogP contribution in [-0.2, 0) is 5.72 Å². The molecular formula is C19H22N6O3S. The van der Waals surface area contributed by atoms with Gasteiger partial charge in [-0.15, -0.1) is 5.10 Å². The van der Waals surface area contributed by atoms with E-state index in [-0.39, 0.29) is 18.9 Å². The second kappa shape index (κ2) is 6.91. The number of nitrogens with zero attached hydrogens (tertiary/aromatic N) is 5. The van der Waals surface area contributed by atoms with Crippen molar-refractivity contribution in [2.45, 2.75) is 54.3 Å². The Labute approximate surface area is 171 Å². The predicted molar refractivity (Wildman–Crippen MR) is 108 cm³/mol. The van der Waals surface area contributed by atoms with Crippen molar-refractivity contribution in [1.82, 2.24) is 25.0 Å². The van der Waals surface area contributed by atoms with Crippen LogP contribution in [0.4, 0.5) is 5.82 Å². The maximum absolute atomic E-state index is 11.0. The first-order chi connectivity index (χ1) is 14.0. The molecule has 5 atom stereocenters. The molecular weight excluding hydrogens is 392 g/mol. The average molecular weight is 414 g/mol. The molecule has 0 aliphatic heterocycles. The molecule has 0 bridgehead atoms. The van der Waals surface area contributed by atoms with Gasteiger partial charge >= 0.3 is 0 Å². The zero-order valence-electron chi connectivity index (χ0n) is 15.8. The highest BCUT2D eigenvalue weighted by Gasteiger charge is 2.50. The third kappa shape index (κ3) is 3.07. The number of hydrogen-bond donors (Lipinski definition) is 4. The Balaban J connectivity index is 1.50. The van der Waals surface area contributed by atoms with Crippen LogP contribution in [0.5, 0.6) is 0 Å². The smallest absolute Gasteiger partial charge is 0.191 e. The fourth-order valence-corrected chi connectivity index (χ4v) is 4.41. The van der Waals surface area contributed by atoms with E-state index in [1.54, 1.807) is 0 Å². The molecule has 2 aliphatic rings. The number of aliphatic hydroxyl groups is 3. The van der Waals surface area contributed by atoms with Gasteiger partial charge in [0, 0.05) is 18.4 Å². The van der Waals surface area contributed by atoms with E-state index in [4.69, 9.17) is 0 Å². The second-order valence-corrected chi connectivity index (χ2v) is 8.44. The number of nitrogens with one attached hydrogen (secondary N) is 1. The lowest BCUT2D eigenvalue weighted by atomic mass is 10.1. The Morgan fingerprint density at radius 1 is 1.21 bits per heavy atom. The van der Waals surface area contributed by atoms with Gasteiger partial charge in [-0.05, 0) is 24.7 Å². The standard InChI is InChI=1S/C19H22N6O3S/c1-29-18-21-16(20-12-9-11(12)10-5-3-2-4-6-10)14-17(22-18)25(24-23-14)19(28)8-7-13(26)15(19)27/h2-6,11-13,15,26-28H,7-9H2,1H3,(H,20,21,22). The summed E-state index contributed by atoms with van der Waals surface area (Å²) in [6, 6.07) is 10.5. The molecule has 152 valence electrons. The summed E-state index contributed by atoms with van der Waals surface area (Å²) in [7, 11) is 0. The SMILES string of the molecule is CSc1nc(NC2CC2c2ccccc2)c2nnn(C3(O)CCC(O)C3O)c2n1. The zero-order valence-corrected chi connectivity index (χ0v) is 16.6. The number of rotatable bonds is 5. The molecule has 5 unspecified atom stereocenters. The summed E-state index contributed by atoms with van der Waals surface area (Å²) < 4.78 is 1.22. The van der Waals surface area contributed by atoms with E-state index in [1.807, 2.05) is 24.5 Å². The fraction of sp³-hybridized carbons (Fsp3) is 0.474. The molecule has 10 heteroatoms. The molecule has 0 radical (unpaired) electrons. The van der Waals surface area contributed by atoms with Gasteiger partial charge in [0.2, 0.25) is 0 Å². The Hall–Kier alpha value is -2.27. The number of aliphatic hydroxyl groups excluding tert-OH is 2. The number of aromatic nitrogens is 5. The average Bonchev–Trinajstić information content (AvgIpc) is 3.29. The lowest BCUT2D eigenvalue weighted by Crippen LogP contribution is -2.45. The van der Waals surface area contributed by atoms with Crippen LogP contribution in [0, 0.1) is 0 Å².